The molecule has 11 aromatic heterocycles. The smallest absolute Gasteiger partial charge is 1.00 e. The number of thiophene rings is 5. The number of aldehydes is 1. The first-order valence-electron chi connectivity index (χ1n) is 42.6. The van der Waals surface area contributed by atoms with Crippen LogP contribution in [-0.2, 0) is 54.3 Å². The Balaban J connectivity index is 0.000000847. The van der Waals surface area contributed by atoms with Crippen LogP contribution in [0.3, 0.4) is 0 Å². The quantitative estimate of drug-likeness (QED) is 0.00987. The third-order valence-electron chi connectivity index (χ3n) is 18.6. The number of unbranched alkanes of at least 4 members (excludes halogenated alkanes) is 1. The number of carboxylic acids is 3. The van der Waals surface area contributed by atoms with E-state index in [1.165, 1.54) is 65.6 Å². The number of aromatic amines is 4. The number of Topliss-reactive ketones (excluding diaryl/α,β-unsaturated/α-hetero) is 1. The molecule has 1 amide bonds. The Morgan fingerprint density at radius 3 is 1.32 bits per heavy atom. The average Bonchev–Trinajstić information content (AvgIpc) is 1.22. The van der Waals surface area contributed by atoms with Gasteiger partial charge in [0.05, 0.1) is 64.4 Å². The molecular weight excluding hydrogens is 2500 g/mol. The van der Waals surface area contributed by atoms with Crippen molar-refractivity contribution in [3.63, 3.8) is 0 Å². The summed E-state index contributed by atoms with van der Waals surface area (Å²) in [4.78, 5) is 169. The number of aliphatic hydroxyl groups excluding tert-OH is 1. The zero-order valence-electron chi connectivity index (χ0n) is 81.9. The standard InChI is InChI=1S/C20H13BrN2OS.C14H8BrNO3S.C14H10BrNO2S.C14H8BrNO2S.C10H11IO4.C8H4BrNO2.C7H9N.C6H6O2S.C5H9ClO2.C4H9.C2H4O2.CH4.B.ClH.Li.2Na.H/c21-13-6-9-17-16(12-13)15(8-7-14-4-1-2-10-22-14)19(20(24)23-17)18-5-3-11-25-18;15-7-3-4-9-8(6-7)11(14(18)19)12(13(17)16-9)10-2-1-5-20-10;2*15-8-3-4-11-9(6-8)10(7-17)13(14(18)16-11)12-2-1-5-19-12;1-8(12)14-11(15-9(2)13)10-6-4-3-5-7-10;9-4-1-2-6-5(3-4)7(11)8(12)10-6;1-2-7-5-3-4-6-8-7;7-6(8)4-5-2-1-3-9-5;1-4(2)3-8-5(6)7;1-3-4-2;1-2(3)4;;;;;;;/h1-12H,(H,23,24);1-6H,(H,16,17)(H,18,19);1-6,17H,7H2,(H,16,18);1-7H,(H,16,18);3-7H,1-2H3;1-3H,(H,10,11,12);3-6H,2H2,1H3;1-3H,4H2,(H,7,8);4H,3H2,1-2H3;1,3-4H2,2H3;1H3,(H,3,4);1H4;;1H;;;;/q;;;;;;;;;-1;;;;;3*+1;-1/p-2/b8-7+;;;;;;;;;;;;;;;;;. The second-order valence-corrected chi connectivity index (χ2v) is 42.6. The summed E-state index contributed by atoms with van der Waals surface area (Å²) in [6.07, 6.45) is 11.7. The van der Waals surface area contributed by atoms with Crippen molar-refractivity contribution in [1.29, 1.82) is 0 Å². The number of halogens is 8. The van der Waals surface area contributed by atoms with Crippen LogP contribution in [0.1, 0.15) is 129 Å². The number of nitrogens with one attached hydrogen (secondary N) is 5. The van der Waals surface area contributed by atoms with Crippen LogP contribution in [0, 0.1) is 16.4 Å². The van der Waals surface area contributed by atoms with Crippen LogP contribution in [0.2, 0.25) is 0 Å². The van der Waals surface area contributed by atoms with E-state index >= 15 is 0 Å². The number of aryl methyl sites for hydroxylation is 1. The van der Waals surface area contributed by atoms with Crippen molar-refractivity contribution in [2.45, 2.75) is 88.2 Å². The number of anilines is 1. The van der Waals surface area contributed by atoms with Crippen LogP contribution < -0.4 is 123 Å². The topological polar surface area (TPSA) is 434 Å². The maximum Gasteiger partial charge on any atom is 1.00 e. The van der Waals surface area contributed by atoms with Crippen molar-refractivity contribution in [1.82, 2.24) is 29.9 Å². The molecule has 0 unspecified atom stereocenters. The van der Waals surface area contributed by atoms with E-state index in [2.05, 4.69) is 140 Å². The van der Waals surface area contributed by atoms with Gasteiger partial charge in [0.25, 0.3) is 33.9 Å². The Bertz CT molecular complexity index is 7500. The minimum Gasteiger partial charge on any atom is -1.00 e. The summed E-state index contributed by atoms with van der Waals surface area (Å²) < 4.78 is 19.6. The van der Waals surface area contributed by atoms with Crippen molar-refractivity contribution < 1.29 is 166 Å². The van der Waals surface area contributed by atoms with Gasteiger partial charge >= 0.3 is 191 Å². The summed E-state index contributed by atoms with van der Waals surface area (Å²) in [6.45, 7) is 15.5. The van der Waals surface area contributed by atoms with Crippen molar-refractivity contribution >= 4 is 292 Å². The fraction of sp³-hybridized carbons (Fsp3) is 0.143. The van der Waals surface area contributed by atoms with Crippen LogP contribution in [-0.4, -0.2) is 113 Å². The molecule has 0 bridgehead atoms. The molecule has 18 rings (SSSR count). The molecule has 0 saturated heterocycles. The van der Waals surface area contributed by atoms with E-state index in [0.717, 1.165) is 116 Å². The molecule has 3 radical (unpaired) electrons. The molecule has 1 aliphatic heterocycles. The summed E-state index contributed by atoms with van der Waals surface area (Å²) in [6, 6.07) is 66.6. The van der Waals surface area contributed by atoms with Gasteiger partial charge in [-0.05, 0) is 203 Å². The van der Waals surface area contributed by atoms with Gasteiger partial charge in [0, 0.05) is 146 Å². The number of aliphatic hydroxyl groups is 1. The van der Waals surface area contributed by atoms with Crippen molar-refractivity contribution in [3.8, 4) is 41.8 Å². The number of fused-ring (bicyclic) bond motifs is 5. The number of aromatic nitrogens is 6. The third-order valence-corrected chi connectivity index (χ3v) is 29.4. The minimum absolute atomic E-state index is 0. The molecule has 12 heterocycles. The molecule has 0 fully saturated rings. The number of nitrogens with zero attached hydrogens (tertiary/aromatic N) is 2. The molecule has 6 aromatic carbocycles. The zero-order chi connectivity index (χ0) is 104. The Morgan fingerprint density at radius 2 is 0.933 bits per heavy atom. The predicted octanol–water partition coefficient (Wildman–Crippen LogP) is 14.3. The molecule has 0 aliphatic carbocycles. The predicted molar refractivity (Wildman–Crippen MR) is 609 cm³/mol. The van der Waals surface area contributed by atoms with Gasteiger partial charge in [-0.1, -0.05) is 170 Å². The fourth-order valence-corrected chi connectivity index (χ4v) is 20.9. The van der Waals surface area contributed by atoms with Crippen LogP contribution in [0.5, 0.6) is 0 Å². The summed E-state index contributed by atoms with van der Waals surface area (Å²) >= 11 is 26.4. The van der Waals surface area contributed by atoms with E-state index in [-0.39, 0.29) is 154 Å². The van der Waals surface area contributed by atoms with Gasteiger partial charge in [-0.25, -0.2) is 9.59 Å². The SMILES string of the molecule is C.CC(=O)OI(OC(C)=O)c1ccccc1.CC(=O)[O-].CC(C)COC(=O)Cl.CCc1ccccn1.O=C(O)Cc1cccs1.O=C(O)c1c(-c2cccs2)c(=O)[nH]c2ccc(Br)cc12.O=C1Nc2ccc(Br)cc2C1=O.O=Cc1c(-c2cccs2)c(=O)[nH]c2ccc(Br)cc12.O=c1[nH]c2ccc(Br)cc2c(/C=C/c2ccccn2)c1-c1cccs1.O=c1[nH]c2ccc(Br)cc2c(CO)c1-c1cccs1.[B].[CH2-]CCC.[Cl-].[H-].[Li+].[Na+].[Na+]. The molecular formula is C105H95BBr5Cl2ILiN7Na2O20S5-. The first kappa shape index (κ1) is 136. The molecule has 27 nitrogen and oxygen atoms in total. The van der Waals surface area contributed by atoms with E-state index in [1.54, 1.807) is 84.3 Å². The van der Waals surface area contributed by atoms with Crippen molar-refractivity contribution in [2.24, 2.45) is 5.92 Å². The van der Waals surface area contributed by atoms with Crippen LogP contribution in [0.15, 0.2) is 299 Å². The van der Waals surface area contributed by atoms with Gasteiger partial charge < -0.3 is 76.0 Å². The Hall–Kier alpha value is -9.34. The van der Waals surface area contributed by atoms with Gasteiger partial charge in [-0.15, -0.1) is 56.7 Å². The monoisotopic (exact) mass is 2590 g/mol. The van der Waals surface area contributed by atoms with E-state index in [0.29, 0.717) is 72.9 Å². The fourth-order valence-electron chi connectivity index (χ4n) is 12.5. The normalized spacial score (nSPS) is 10.3. The third kappa shape index (κ3) is 43.6. The Morgan fingerprint density at radius 1 is 0.530 bits per heavy atom. The number of rotatable bonds is 18. The number of ether oxygens (including phenoxy) is 1. The molecule has 0 spiro atoms. The first-order valence-corrected chi connectivity index (χ1v) is 54.2. The molecule has 1 aliphatic rings. The molecule has 8 N–H and O–H groups in total. The van der Waals surface area contributed by atoms with Gasteiger partial charge in [-0.2, -0.15) is 6.42 Å². The minimum atomic E-state index is -2.59. The van der Waals surface area contributed by atoms with Gasteiger partial charge in [-0.3, -0.25) is 48.3 Å². The number of benzene rings is 6. The number of carboxylic acid groups (broad SMARTS) is 3. The average molecular weight is 2600 g/mol. The summed E-state index contributed by atoms with van der Waals surface area (Å²) in [5.74, 6) is -4.47. The van der Waals surface area contributed by atoms with E-state index < -0.39 is 67.6 Å². The second kappa shape index (κ2) is 70.8. The first-order chi connectivity index (χ1) is 68.5. The van der Waals surface area contributed by atoms with E-state index in [9.17, 15) is 67.7 Å². The van der Waals surface area contributed by atoms with Crippen LogP contribution in [0.4, 0.5) is 10.5 Å². The van der Waals surface area contributed by atoms with Crippen LogP contribution >= 0.6 is 169 Å². The number of hydrogen-bond acceptors (Lipinski definition) is 25. The zero-order valence-corrected chi connectivity index (χ0v) is 101. The molecule has 149 heavy (non-hydrogen) atoms. The maximum absolute atomic E-state index is 12.7. The summed E-state index contributed by atoms with van der Waals surface area (Å²) in [5, 5.41) is 51.4. The van der Waals surface area contributed by atoms with Crippen LogP contribution in [0.25, 0.3) is 97.5 Å². The Labute approximate surface area is 999 Å². The Kier molecular flexibility index (Phi) is 64.5. The number of amides is 1. The maximum atomic E-state index is 12.7. The van der Waals surface area contributed by atoms with Gasteiger partial charge in [0.1, 0.15) is 0 Å². The van der Waals surface area contributed by atoms with Gasteiger partial charge in [0.15, 0.2) is 6.29 Å². The number of ketones is 1. The number of carbonyl (C=O) groups is 9. The molecule has 44 heteroatoms. The number of pyridine rings is 6. The number of aliphatic carboxylic acids is 2. The molecule has 0 atom stereocenters. The largest absolute Gasteiger partial charge is 1.00 e. The molecule has 0 saturated carbocycles. The number of hydrogen-bond donors (Lipinski definition) is 8. The number of aromatic carboxylic acids is 1. The van der Waals surface area contributed by atoms with Crippen molar-refractivity contribution in [3.05, 3.63) is 376 Å². The van der Waals surface area contributed by atoms with E-state index in [4.69, 9.17) is 32.7 Å². The number of H-pyrrole nitrogens is 4. The summed E-state index contributed by atoms with van der Waals surface area (Å²) in [5.41, 5.74) is 8.09. The van der Waals surface area contributed by atoms with Crippen molar-refractivity contribution in [2.75, 3.05) is 11.9 Å². The van der Waals surface area contributed by atoms with E-state index in [1.807, 2.05) is 211 Å². The molecule has 17 aromatic rings. The summed E-state index contributed by atoms with van der Waals surface area (Å²) in [7, 11) is 0. The number of carbonyl (C=O) groups excluding carboxylic acids is 7. The van der Waals surface area contributed by atoms with Gasteiger partial charge in [0.2, 0.25) is 0 Å². The molecule has 763 valence electrons. The second-order valence-electron chi connectivity index (χ2n) is 29.6.